The number of halogens is 3. The number of nitrogens with zero attached hydrogens (tertiary/aromatic N) is 1. The molecule has 0 aliphatic carbocycles. The van der Waals surface area contributed by atoms with Crippen molar-refractivity contribution in [1.82, 2.24) is 4.98 Å². The van der Waals surface area contributed by atoms with E-state index in [2.05, 4.69) is 42.2 Å². The minimum Gasteiger partial charge on any atom is -0.306 e. The molecule has 1 aromatic carbocycles. The SMILES string of the molecule is O=C(Nc1ncccc1Br)c1cc(Cl)ccc1Br. The number of hydrogen-bond donors (Lipinski definition) is 1. The summed E-state index contributed by atoms with van der Waals surface area (Å²) >= 11 is 12.5. The zero-order valence-corrected chi connectivity index (χ0v) is 12.9. The summed E-state index contributed by atoms with van der Waals surface area (Å²) in [4.78, 5) is 16.1. The second-order valence-electron chi connectivity index (χ2n) is 3.41. The molecule has 1 N–H and O–H groups in total. The average molecular weight is 390 g/mol. The van der Waals surface area contributed by atoms with Gasteiger partial charge in [-0.05, 0) is 62.2 Å². The molecule has 1 heterocycles. The van der Waals surface area contributed by atoms with Gasteiger partial charge in [0.2, 0.25) is 0 Å². The normalized spacial score (nSPS) is 10.2. The van der Waals surface area contributed by atoms with E-state index < -0.39 is 0 Å². The van der Waals surface area contributed by atoms with Crippen LogP contribution in [-0.4, -0.2) is 10.9 Å². The van der Waals surface area contributed by atoms with Crippen LogP contribution in [0.25, 0.3) is 0 Å². The van der Waals surface area contributed by atoms with Crippen LogP contribution in [0.1, 0.15) is 10.4 Å². The zero-order valence-electron chi connectivity index (χ0n) is 8.95. The summed E-state index contributed by atoms with van der Waals surface area (Å²) in [6.07, 6.45) is 1.60. The van der Waals surface area contributed by atoms with Crippen molar-refractivity contribution in [2.45, 2.75) is 0 Å². The molecule has 0 fully saturated rings. The molecule has 1 amide bonds. The first kappa shape index (κ1) is 13.5. The van der Waals surface area contributed by atoms with E-state index in [4.69, 9.17) is 11.6 Å². The van der Waals surface area contributed by atoms with Gasteiger partial charge in [-0.25, -0.2) is 4.98 Å². The van der Waals surface area contributed by atoms with Crippen LogP contribution < -0.4 is 5.32 Å². The molecule has 92 valence electrons. The Bertz CT molecular complexity index is 604. The van der Waals surface area contributed by atoms with E-state index in [0.29, 0.717) is 20.9 Å². The highest BCUT2D eigenvalue weighted by molar-refractivity contribution is 9.11. The Balaban J connectivity index is 2.28. The number of nitrogens with one attached hydrogen (secondary N) is 1. The molecule has 0 aliphatic heterocycles. The van der Waals surface area contributed by atoms with Crippen molar-refractivity contribution >= 4 is 55.2 Å². The maximum absolute atomic E-state index is 12.1. The van der Waals surface area contributed by atoms with Gasteiger partial charge in [-0.3, -0.25) is 4.79 Å². The van der Waals surface area contributed by atoms with Gasteiger partial charge >= 0.3 is 0 Å². The minimum atomic E-state index is -0.274. The molecular weight excluding hydrogens is 383 g/mol. The van der Waals surface area contributed by atoms with Gasteiger partial charge < -0.3 is 5.32 Å². The summed E-state index contributed by atoms with van der Waals surface area (Å²) in [6, 6.07) is 8.60. The van der Waals surface area contributed by atoms with Crippen LogP contribution in [0.3, 0.4) is 0 Å². The van der Waals surface area contributed by atoms with Crippen molar-refractivity contribution in [2.24, 2.45) is 0 Å². The Morgan fingerprint density at radius 2 is 2.00 bits per heavy atom. The van der Waals surface area contributed by atoms with Crippen molar-refractivity contribution in [3.8, 4) is 0 Å². The first-order valence-electron chi connectivity index (χ1n) is 4.95. The fraction of sp³-hybridized carbons (Fsp3) is 0. The second kappa shape index (κ2) is 5.82. The lowest BCUT2D eigenvalue weighted by molar-refractivity contribution is 0.102. The summed E-state index contributed by atoms with van der Waals surface area (Å²) < 4.78 is 1.40. The third-order valence-corrected chi connectivity index (χ3v) is 3.73. The van der Waals surface area contributed by atoms with Crippen molar-refractivity contribution < 1.29 is 4.79 Å². The van der Waals surface area contributed by atoms with Gasteiger partial charge in [0, 0.05) is 15.7 Å². The molecule has 0 bridgehead atoms. The number of amides is 1. The molecule has 0 spiro atoms. The summed E-state index contributed by atoms with van der Waals surface area (Å²) in [6.45, 7) is 0. The predicted octanol–water partition coefficient (Wildman–Crippen LogP) is 4.51. The van der Waals surface area contributed by atoms with Gasteiger partial charge in [-0.1, -0.05) is 11.6 Å². The van der Waals surface area contributed by atoms with Gasteiger partial charge in [-0.15, -0.1) is 0 Å². The number of carbonyl (C=O) groups is 1. The molecule has 0 saturated heterocycles. The quantitative estimate of drug-likeness (QED) is 0.820. The molecule has 0 aliphatic rings. The second-order valence-corrected chi connectivity index (χ2v) is 5.56. The third kappa shape index (κ3) is 3.10. The predicted molar refractivity (Wildman–Crippen MR) is 79.0 cm³/mol. The number of benzene rings is 1. The number of aromatic nitrogens is 1. The molecule has 0 radical (unpaired) electrons. The maximum Gasteiger partial charge on any atom is 0.258 e. The number of carbonyl (C=O) groups excluding carboxylic acids is 1. The van der Waals surface area contributed by atoms with E-state index >= 15 is 0 Å². The summed E-state index contributed by atoms with van der Waals surface area (Å²) in [7, 11) is 0. The number of pyridine rings is 1. The van der Waals surface area contributed by atoms with Crippen molar-refractivity contribution in [3.63, 3.8) is 0 Å². The fourth-order valence-corrected chi connectivity index (χ4v) is 2.28. The van der Waals surface area contributed by atoms with Gasteiger partial charge in [0.05, 0.1) is 10.0 Å². The van der Waals surface area contributed by atoms with E-state index in [0.717, 1.165) is 4.47 Å². The summed E-state index contributed by atoms with van der Waals surface area (Å²) in [5.41, 5.74) is 0.458. The highest BCUT2D eigenvalue weighted by Crippen LogP contribution is 2.24. The topological polar surface area (TPSA) is 42.0 Å². The van der Waals surface area contributed by atoms with E-state index in [-0.39, 0.29) is 5.91 Å². The monoisotopic (exact) mass is 388 g/mol. The number of hydrogen-bond acceptors (Lipinski definition) is 2. The third-order valence-electron chi connectivity index (χ3n) is 2.16. The van der Waals surface area contributed by atoms with Gasteiger partial charge in [0.25, 0.3) is 5.91 Å². The van der Waals surface area contributed by atoms with Gasteiger partial charge in [0.1, 0.15) is 5.82 Å². The van der Waals surface area contributed by atoms with E-state index in [9.17, 15) is 4.79 Å². The van der Waals surface area contributed by atoms with Crippen molar-refractivity contribution in [2.75, 3.05) is 5.32 Å². The summed E-state index contributed by atoms with van der Waals surface area (Å²) in [5, 5.41) is 3.21. The lowest BCUT2D eigenvalue weighted by Crippen LogP contribution is -2.14. The molecule has 0 atom stereocenters. The molecule has 3 nitrogen and oxygen atoms in total. The summed E-state index contributed by atoms with van der Waals surface area (Å²) in [5.74, 6) is 0.193. The standard InChI is InChI=1S/C12H7Br2ClN2O/c13-9-4-3-7(15)6-8(9)12(18)17-11-10(14)2-1-5-16-11/h1-6H,(H,16,17,18). The van der Waals surface area contributed by atoms with Crippen LogP contribution in [0, 0.1) is 0 Å². The molecule has 0 saturated carbocycles. The van der Waals surface area contributed by atoms with Crippen molar-refractivity contribution in [1.29, 1.82) is 0 Å². The number of anilines is 1. The molecule has 0 unspecified atom stereocenters. The van der Waals surface area contributed by atoms with Gasteiger partial charge in [-0.2, -0.15) is 0 Å². The largest absolute Gasteiger partial charge is 0.306 e. The smallest absolute Gasteiger partial charge is 0.258 e. The lowest BCUT2D eigenvalue weighted by atomic mass is 10.2. The van der Waals surface area contributed by atoms with Gasteiger partial charge in [0.15, 0.2) is 0 Å². The van der Waals surface area contributed by atoms with Crippen LogP contribution >= 0.6 is 43.5 Å². The lowest BCUT2D eigenvalue weighted by Gasteiger charge is -2.07. The Kier molecular flexibility index (Phi) is 4.37. The fourth-order valence-electron chi connectivity index (χ4n) is 1.32. The molecule has 18 heavy (non-hydrogen) atoms. The molecule has 2 rings (SSSR count). The Morgan fingerprint density at radius 1 is 1.22 bits per heavy atom. The molecular formula is C12H7Br2ClN2O. The highest BCUT2D eigenvalue weighted by atomic mass is 79.9. The van der Waals surface area contributed by atoms with Crippen LogP contribution in [0.15, 0.2) is 45.5 Å². The molecule has 1 aromatic heterocycles. The minimum absolute atomic E-state index is 0.274. The van der Waals surface area contributed by atoms with Crippen LogP contribution in [-0.2, 0) is 0 Å². The average Bonchev–Trinajstić information content (AvgIpc) is 2.35. The van der Waals surface area contributed by atoms with E-state index in [1.54, 1.807) is 36.5 Å². The first-order valence-corrected chi connectivity index (χ1v) is 6.91. The highest BCUT2D eigenvalue weighted by Gasteiger charge is 2.12. The first-order chi connectivity index (χ1) is 8.58. The van der Waals surface area contributed by atoms with Crippen LogP contribution in [0.5, 0.6) is 0 Å². The maximum atomic E-state index is 12.1. The Labute approximate surface area is 126 Å². The molecule has 2 aromatic rings. The zero-order chi connectivity index (χ0) is 13.1. The van der Waals surface area contributed by atoms with Crippen LogP contribution in [0.4, 0.5) is 5.82 Å². The van der Waals surface area contributed by atoms with E-state index in [1.807, 2.05) is 0 Å². The Hall–Kier alpha value is -0.910. The van der Waals surface area contributed by atoms with Crippen molar-refractivity contribution in [3.05, 3.63) is 56.1 Å². The number of rotatable bonds is 2. The van der Waals surface area contributed by atoms with Crippen LogP contribution in [0.2, 0.25) is 5.02 Å². The molecule has 6 heteroatoms. The Morgan fingerprint density at radius 3 is 2.72 bits per heavy atom. The van der Waals surface area contributed by atoms with E-state index in [1.165, 1.54) is 0 Å².